The molecule has 1 aromatic heterocycles. The first kappa shape index (κ1) is 27.5. The second kappa shape index (κ2) is 13.3. The number of carboxylic acids is 1. The van der Waals surface area contributed by atoms with Gasteiger partial charge >= 0.3 is 5.97 Å². The van der Waals surface area contributed by atoms with Crippen LogP contribution in [0, 0.1) is 0 Å². The minimum atomic E-state index is -1.03. The molecule has 0 fully saturated rings. The van der Waals surface area contributed by atoms with Gasteiger partial charge in [0.2, 0.25) is 0 Å². The minimum Gasteiger partial charge on any atom is -0.494 e. The number of unbranched alkanes of at least 4 members (excludes halogenated alkanes) is 1. The molecular formula is C31H31N3O5. The van der Waals surface area contributed by atoms with Gasteiger partial charge in [0, 0.05) is 23.3 Å². The van der Waals surface area contributed by atoms with E-state index in [1.165, 1.54) is 6.07 Å². The highest BCUT2D eigenvalue weighted by molar-refractivity contribution is 6.06. The molecule has 1 amide bonds. The van der Waals surface area contributed by atoms with Gasteiger partial charge in [0.05, 0.1) is 29.2 Å². The zero-order valence-corrected chi connectivity index (χ0v) is 21.8. The summed E-state index contributed by atoms with van der Waals surface area (Å²) in [5.74, 6) is -0.570. The van der Waals surface area contributed by atoms with Crippen molar-refractivity contribution in [2.24, 2.45) is 0 Å². The number of carboxylic acid groups (broad SMARTS) is 1. The molecule has 0 atom stereocenters. The molecule has 0 bridgehead atoms. The molecule has 0 radical (unpaired) electrons. The van der Waals surface area contributed by atoms with E-state index in [2.05, 4.69) is 22.4 Å². The Balaban J connectivity index is 1.61. The molecule has 4 aromatic rings. The van der Waals surface area contributed by atoms with Crippen molar-refractivity contribution in [3.05, 3.63) is 95.6 Å². The van der Waals surface area contributed by atoms with Gasteiger partial charge in [-0.2, -0.15) is 0 Å². The van der Waals surface area contributed by atoms with Gasteiger partial charge in [0.15, 0.2) is 0 Å². The number of carbonyl (C=O) groups is 2. The Labute approximate surface area is 227 Å². The molecule has 0 aliphatic carbocycles. The number of aliphatic hydroxyl groups is 1. The lowest BCUT2D eigenvalue weighted by molar-refractivity contribution is 0.0696. The molecule has 3 N–H and O–H groups in total. The maximum absolute atomic E-state index is 13.0. The third-order valence-electron chi connectivity index (χ3n) is 6.19. The Morgan fingerprint density at radius 2 is 1.69 bits per heavy atom. The first-order valence-corrected chi connectivity index (χ1v) is 12.9. The molecule has 0 saturated carbocycles. The van der Waals surface area contributed by atoms with Crippen molar-refractivity contribution in [1.82, 2.24) is 10.2 Å². The number of ether oxygens (including phenoxy) is 1. The van der Waals surface area contributed by atoms with Crippen LogP contribution in [0.15, 0.2) is 78.9 Å². The van der Waals surface area contributed by atoms with Crippen LogP contribution in [0.5, 0.6) is 5.75 Å². The summed E-state index contributed by atoms with van der Waals surface area (Å²) in [6, 6.07) is 22.8. The van der Waals surface area contributed by atoms with E-state index in [9.17, 15) is 19.8 Å². The quantitative estimate of drug-likeness (QED) is 0.198. The molecule has 0 spiro atoms. The number of para-hydroxylation sites is 1. The Bertz CT molecular complexity index is 1440. The van der Waals surface area contributed by atoms with E-state index >= 15 is 0 Å². The number of aromatic carboxylic acids is 1. The number of hydrogen-bond donors (Lipinski definition) is 3. The number of anilines is 1. The number of nitrogens with one attached hydrogen (secondary N) is 1. The smallest absolute Gasteiger partial charge is 0.335 e. The van der Waals surface area contributed by atoms with Gasteiger partial charge in [-0.15, -0.1) is 10.2 Å². The Hall–Kier alpha value is -4.56. The topological polar surface area (TPSA) is 122 Å². The monoisotopic (exact) mass is 525 g/mol. The zero-order chi connectivity index (χ0) is 27.6. The van der Waals surface area contributed by atoms with Crippen molar-refractivity contribution in [3.8, 4) is 28.3 Å². The van der Waals surface area contributed by atoms with Crippen LogP contribution in [0.3, 0.4) is 0 Å². The number of hydrogen-bond acceptors (Lipinski definition) is 6. The molecule has 8 nitrogen and oxygen atoms in total. The number of amides is 1. The number of aromatic nitrogens is 2. The van der Waals surface area contributed by atoms with E-state index in [0.717, 1.165) is 24.2 Å². The van der Waals surface area contributed by atoms with Gasteiger partial charge in [-0.25, -0.2) is 4.79 Å². The summed E-state index contributed by atoms with van der Waals surface area (Å²) in [5.41, 5.74) is 4.47. The first-order chi connectivity index (χ1) is 19.0. The predicted octanol–water partition coefficient (Wildman–Crippen LogP) is 5.86. The molecule has 4 rings (SSSR count). The van der Waals surface area contributed by atoms with Gasteiger partial charge in [-0.3, -0.25) is 4.79 Å². The maximum Gasteiger partial charge on any atom is 0.335 e. The summed E-state index contributed by atoms with van der Waals surface area (Å²) >= 11 is 0. The predicted molar refractivity (Wildman–Crippen MR) is 150 cm³/mol. The van der Waals surface area contributed by atoms with Crippen LogP contribution in [-0.4, -0.2) is 45.5 Å². The Kier molecular flexibility index (Phi) is 9.37. The molecule has 3 aromatic carbocycles. The summed E-state index contributed by atoms with van der Waals surface area (Å²) in [5, 5.41) is 30.7. The summed E-state index contributed by atoms with van der Waals surface area (Å²) in [6.45, 7) is 2.74. The number of benzene rings is 3. The number of nitrogens with zero attached hydrogens (tertiary/aromatic N) is 2. The van der Waals surface area contributed by atoms with E-state index in [0.29, 0.717) is 53.2 Å². The van der Waals surface area contributed by atoms with Gasteiger partial charge in [0.25, 0.3) is 5.91 Å². The molecule has 39 heavy (non-hydrogen) atoms. The molecule has 1 heterocycles. The third-order valence-corrected chi connectivity index (χ3v) is 6.19. The molecular weight excluding hydrogens is 494 g/mol. The van der Waals surface area contributed by atoms with Gasteiger partial charge in [-0.05, 0) is 73.4 Å². The molecule has 0 saturated heterocycles. The number of rotatable bonds is 12. The number of carbonyl (C=O) groups excluding carboxylic acids is 1. The summed E-state index contributed by atoms with van der Waals surface area (Å²) in [7, 11) is 0. The lowest BCUT2D eigenvalue weighted by Crippen LogP contribution is -2.13. The van der Waals surface area contributed by atoms with Crippen LogP contribution in [0.25, 0.3) is 22.5 Å². The standard InChI is InChI=1S/C31H31N3O5/c1-2-3-18-39-25-15-13-21(14-16-25)30(36)32-27-12-5-4-11-26(27)28-20-23(10-7-17-35)29(34-33-28)22-8-6-9-24(19-22)31(37)38/h4-6,8-9,11-16,19-20,35H,2-3,7,10,17-18H2,1H3,(H,32,36)(H,37,38). The zero-order valence-electron chi connectivity index (χ0n) is 21.8. The van der Waals surface area contributed by atoms with Crippen molar-refractivity contribution >= 4 is 17.6 Å². The summed E-state index contributed by atoms with van der Waals surface area (Å²) < 4.78 is 5.68. The Morgan fingerprint density at radius 3 is 2.44 bits per heavy atom. The van der Waals surface area contributed by atoms with Gasteiger partial charge in [0.1, 0.15) is 5.75 Å². The number of aryl methyl sites for hydroxylation is 1. The third kappa shape index (κ3) is 7.06. The second-order valence-electron chi connectivity index (χ2n) is 9.04. The summed E-state index contributed by atoms with van der Waals surface area (Å²) in [4.78, 5) is 24.5. The van der Waals surface area contributed by atoms with Crippen LogP contribution in [0.4, 0.5) is 5.69 Å². The van der Waals surface area contributed by atoms with Crippen molar-refractivity contribution in [2.75, 3.05) is 18.5 Å². The Morgan fingerprint density at radius 1 is 0.897 bits per heavy atom. The van der Waals surface area contributed by atoms with Gasteiger partial charge < -0.3 is 20.3 Å². The maximum atomic E-state index is 13.0. The van der Waals surface area contributed by atoms with E-state index in [1.54, 1.807) is 48.5 Å². The van der Waals surface area contributed by atoms with Crippen molar-refractivity contribution < 1.29 is 24.5 Å². The van der Waals surface area contributed by atoms with Crippen LogP contribution in [0.1, 0.15) is 52.5 Å². The second-order valence-corrected chi connectivity index (χ2v) is 9.04. The number of aliphatic hydroxyl groups excluding tert-OH is 1. The minimum absolute atomic E-state index is 0.00133. The fourth-order valence-electron chi connectivity index (χ4n) is 4.11. The van der Waals surface area contributed by atoms with E-state index in [1.807, 2.05) is 24.3 Å². The molecule has 0 unspecified atom stereocenters. The highest BCUT2D eigenvalue weighted by atomic mass is 16.5. The highest BCUT2D eigenvalue weighted by Crippen LogP contribution is 2.31. The SMILES string of the molecule is CCCCOc1ccc(C(=O)Nc2ccccc2-c2cc(CCCO)c(-c3cccc(C(=O)O)c3)nn2)cc1. The molecule has 200 valence electrons. The van der Waals surface area contributed by atoms with Crippen LogP contribution in [-0.2, 0) is 6.42 Å². The average Bonchev–Trinajstić information content (AvgIpc) is 2.96. The summed E-state index contributed by atoms with van der Waals surface area (Å²) in [6.07, 6.45) is 3.05. The molecule has 0 aliphatic heterocycles. The van der Waals surface area contributed by atoms with E-state index in [4.69, 9.17) is 4.74 Å². The average molecular weight is 526 g/mol. The molecule has 8 heteroatoms. The lowest BCUT2D eigenvalue weighted by Gasteiger charge is -2.14. The van der Waals surface area contributed by atoms with Crippen LogP contribution in [0.2, 0.25) is 0 Å². The largest absolute Gasteiger partial charge is 0.494 e. The van der Waals surface area contributed by atoms with E-state index < -0.39 is 5.97 Å². The fraction of sp³-hybridized carbons (Fsp3) is 0.226. The fourth-order valence-corrected chi connectivity index (χ4v) is 4.11. The lowest BCUT2D eigenvalue weighted by atomic mass is 9.99. The van der Waals surface area contributed by atoms with Crippen molar-refractivity contribution in [2.45, 2.75) is 32.6 Å². The highest BCUT2D eigenvalue weighted by Gasteiger charge is 2.16. The van der Waals surface area contributed by atoms with Gasteiger partial charge in [-0.1, -0.05) is 43.7 Å². The van der Waals surface area contributed by atoms with Crippen molar-refractivity contribution in [3.63, 3.8) is 0 Å². The molecule has 0 aliphatic rings. The van der Waals surface area contributed by atoms with E-state index in [-0.39, 0.29) is 18.1 Å². The van der Waals surface area contributed by atoms with Crippen LogP contribution >= 0.6 is 0 Å². The normalized spacial score (nSPS) is 10.7. The van der Waals surface area contributed by atoms with Crippen LogP contribution < -0.4 is 10.1 Å². The van der Waals surface area contributed by atoms with Crippen molar-refractivity contribution in [1.29, 1.82) is 0 Å². The first-order valence-electron chi connectivity index (χ1n) is 12.9.